The molecule has 1 saturated carbocycles. The maximum atomic E-state index is 6.21. The summed E-state index contributed by atoms with van der Waals surface area (Å²) in [6, 6.07) is 6.29. The first-order valence-corrected chi connectivity index (χ1v) is 8.01. The molecule has 1 fully saturated rings. The van der Waals surface area contributed by atoms with E-state index >= 15 is 0 Å². The summed E-state index contributed by atoms with van der Waals surface area (Å²) in [6.07, 6.45) is 5.34. The van der Waals surface area contributed by atoms with E-state index in [0.29, 0.717) is 6.04 Å². The summed E-state index contributed by atoms with van der Waals surface area (Å²) in [6.45, 7) is 5.47. The standard InChI is InChI=1S/C16H23Cl2N/c1-11(2)14-5-3-4-6-16(14)19-10-12-9-13(17)7-8-15(12)18/h7-9,11,14,16,19H,3-6,10H2,1-2H3. The molecule has 3 heteroatoms. The normalized spacial score (nSPS) is 23.8. The Labute approximate surface area is 126 Å². The Balaban J connectivity index is 1.98. The third-order valence-electron chi connectivity index (χ3n) is 4.24. The van der Waals surface area contributed by atoms with E-state index < -0.39 is 0 Å². The number of rotatable bonds is 4. The Morgan fingerprint density at radius 3 is 2.68 bits per heavy atom. The van der Waals surface area contributed by atoms with Gasteiger partial charge in [0, 0.05) is 22.6 Å². The fourth-order valence-electron chi connectivity index (χ4n) is 3.13. The van der Waals surface area contributed by atoms with Crippen molar-refractivity contribution in [3.63, 3.8) is 0 Å². The third-order valence-corrected chi connectivity index (χ3v) is 4.84. The molecule has 1 nitrogen and oxygen atoms in total. The molecule has 2 rings (SSSR count). The highest BCUT2D eigenvalue weighted by molar-refractivity contribution is 6.33. The highest BCUT2D eigenvalue weighted by Gasteiger charge is 2.26. The Bertz CT molecular complexity index is 417. The third kappa shape index (κ3) is 4.11. The van der Waals surface area contributed by atoms with Crippen molar-refractivity contribution in [3.8, 4) is 0 Å². The van der Waals surface area contributed by atoms with E-state index in [0.717, 1.165) is 34.0 Å². The van der Waals surface area contributed by atoms with Crippen LogP contribution in [0.2, 0.25) is 10.0 Å². The lowest BCUT2D eigenvalue weighted by Gasteiger charge is -2.35. The van der Waals surface area contributed by atoms with Gasteiger partial charge in [-0.1, -0.05) is 49.9 Å². The number of benzene rings is 1. The van der Waals surface area contributed by atoms with Crippen LogP contribution in [0.5, 0.6) is 0 Å². The summed E-state index contributed by atoms with van der Waals surface area (Å²) in [7, 11) is 0. The maximum Gasteiger partial charge on any atom is 0.0451 e. The molecule has 19 heavy (non-hydrogen) atoms. The van der Waals surface area contributed by atoms with Crippen molar-refractivity contribution < 1.29 is 0 Å². The molecule has 2 atom stereocenters. The van der Waals surface area contributed by atoms with Crippen LogP contribution >= 0.6 is 23.2 Å². The monoisotopic (exact) mass is 299 g/mol. The van der Waals surface area contributed by atoms with Crippen molar-refractivity contribution in [1.82, 2.24) is 5.32 Å². The molecule has 2 unspecified atom stereocenters. The number of halogens is 2. The molecule has 0 aromatic heterocycles. The van der Waals surface area contributed by atoms with Crippen LogP contribution in [-0.4, -0.2) is 6.04 Å². The molecular weight excluding hydrogens is 277 g/mol. The topological polar surface area (TPSA) is 12.0 Å². The summed E-state index contributed by atoms with van der Waals surface area (Å²) in [5, 5.41) is 5.25. The first kappa shape index (κ1) is 15.2. The van der Waals surface area contributed by atoms with Gasteiger partial charge in [0.15, 0.2) is 0 Å². The Morgan fingerprint density at radius 1 is 1.21 bits per heavy atom. The SMILES string of the molecule is CC(C)C1CCCCC1NCc1cc(Cl)ccc1Cl. The minimum atomic E-state index is 0.615. The lowest BCUT2D eigenvalue weighted by atomic mass is 9.78. The largest absolute Gasteiger partial charge is 0.310 e. The quantitative estimate of drug-likeness (QED) is 0.796. The smallest absolute Gasteiger partial charge is 0.0451 e. The van der Waals surface area contributed by atoms with E-state index in [4.69, 9.17) is 23.2 Å². The summed E-state index contributed by atoms with van der Waals surface area (Å²) < 4.78 is 0. The molecule has 1 aliphatic rings. The van der Waals surface area contributed by atoms with E-state index in [2.05, 4.69) is 19.2 Å². The van der Waals surface area contributed by atoms with Crippen molar-refractivity contribution in [3.05, 3.63) is 33.8 Å². The van der Waals surface area contributed by atoms with Gasteiger partial charge in [0.25, 0.3) is 0 Å². The van der Waals surface area contributed by atoms with Gasteiger partial charge in [-0.2, -0.15) is 0 Å². The number of hydrogen-bond acceptors (Lipinski definition) is 1. The average molecular weight is 300 g/mol. The lowest BCUT2D eigenvalue weighted by Crippen LogP contribution is -2.40. The van der Waals surface area contributed by atoms with E-state index in [1.807, 2.05) is 18.2 Å². The molecular formula is C16H23Cl2N. The van der Waals surface area contributed by atoms with Crippen molar-refractivity contribution in [2.24, 2.45) is 11.8 Å². The summed E-state index contributed by atoms with van der Waals surface area (Å²) in [4.78, 5) is 0. The molecule has 1 aliphatic carbocycles. The van der Waals surface area contributed by atoms with Gasteiger partial charge in [0.05, 0.1) is 0 Å². The van der Waals surface area contributed by atoms with Crippen LogP contribution in [0.1, 0.15) is 45.1 Å². The molecule has 106 valence electrons. The van der Waals surface area contributed by atoms with Crippen LogP contribution in [0.15, 0.2) is 18.2 Å². The molecule has 1 N–H and O–H groups in total. The summed E-state index contributed by atoms with van der Waals surface area (Å²) in [5.74, 6) is 1.53. The van der Waals surface area contributed by atoms with Gasteiger partial charge in [-0.25, -0.2) is 0 Å². The molecule has 0 aliphatic heterocycles. The van der Waals surface area contributed by atoms with Crippen LogP contribution < -0.4 is 5.32 Å². The summed E-state index contributed by atoms with van der Waals surface area (Å²) >= 11 is 12.2. The molecule has 0 saturated heterocycles. The minimum Gasteiger partial charge on any atom is -0.310 e. The van der Waals surface area contributed by atoms with Gasteiger partial charge in [0.1, 0.15) is 0 Å². The van der Waals surface area contributed by atoms with Gasteiger partial charge < -0.3 is 5.32 Å². The minimum absolute atomic E-state index is 0.615. The predicted molar refractivity (Wildman–Crippen MR) is 83.9 cm³/mol. The number of nitrogens with one attached hydrogen (secondary N) is 1. The molecule has 0 heterocycles. The zero-order chi connectivity index (χ0) is 13.8. The molecule has 1 aromatic rings. The van der Waals surface area contributed by atoms with Crippen LogP contribution in [0.25, 0.3) is 0 Å². The zero-order valence-electron chi connectivity index (χ0n) is 11.8. The van der Waals surface area contributed by atoms with Gasteiger partial charge >= 0.3 is 0 Å². The average Bonchev–Trinajstić information content (AvgIpc) is 2.40. The summed E-state index contributed by atoms with van der Waals surface area (Å²) in [5.41, 5.74) is 1.10. The van der Waals surface area contributed by atoms with E-state index in [9.17, 15) is 0 Å². The van der Waals surface area contributed by atoms with Crippen LogP contribution in [0.3, 0.4) is 0 Å². The Hall–Kier alpha value is -0.240. The maximum absolute atomic E-state index is 6.21. The fourth-order valence-corrected chi connectivity index (χ4v) is 3.51. The first-order chi connectivity index (χ1) is 9.08. The van der Waals surface area contributed by atoms with Gasteiger partial charge in [-0.15, -0.1) is 0 Å². The highest BCUT2D eigenvalue weighted by atomic mass is 35.5. The highest BCUT2D eigenvalue weighted by Crippen LogP contribution is 2.30. The molecule has 0 radical (unpaired) electrons. The van der Waals surface area contributed by atoms with Gasteiger partial charge in [0.2, 0.25) is 0 Å². The van der Waals surface area contributed by atoms with E-state index in [-0.39, 0.29) is 0 Å². The second-order valence-corrected chi connectivity index (χ2v) is 6.76. The zero-order valence-corrected chi connectivity index (χ0v) is 13.3. The Kier molecular flexibility index (Phi) is 5.56. The molecule has 0 amide bonds. The van der Waals surface area contributed by atoms with Crippen molar-refractivity contribution in [2.45, 2.75) is 52.1 Å². The second kappa shape index (κ2) is 6.97. The van der Waals surface area contributed by atoms with Gasteiger partial charge in [-0.05, 0) is 48.4 Å². The van der Waals surface area contributed by atoms with E-state index in [1.54, 1.807) is 0 Å². The van der Waals surface area contributed by atoms with Crippen molar-refractivity contribution in [2.75, 3.05) is 0 Å². The van der Waals surface area contributed by atoms with Crippen molar-refractivity contribution in [1.29, 1.82) is 0 Å². The predicted octanol–water partition coefficient (Wildman–Crippen LogP) is 5.30. The first-order valence-electron chi connectivity index (χ1n) is 7.25. The van der Waals surface area contributed by atoms with Crippen LogP contribution in [0.4, 0.5) is 0 Å². The number of hydrogen-bond donors (Lipinski definition) is 1. The second-order valence-electron chi connectivity index (χ2n) is 5.92. The van der Waals surface area contributed by atoms with Gasteiger partial charge in [-0.3, -0.25) is 0 Å². The van der Waals surface area contributed by atoms with Crippen LogP contribution in [-0.2, 0) is 6.54 Å². The Morgan fingerprint density at radius 2 is 1.95 bits per heavy atom. The molecule has 0 spiro atoms. The van der Waals surface area contributed by atoms with E-state index in [1.165, 1.54) is 25.7 Å². The van der Waals surface area contributed by atoms with Crippen LogP contribution in [0, 0.1) is 11.8 Å². The molecule has 1 aromatic carbocycles. The molecule has 0 bridgehead atoms. The van der Waals surface area contributed by atoms with Crippen molar-refractivity contribution >= 4 is 23.2 Å². The fraction of sp³-hybridized carbons (Fsp3) is 0.625. The lowest BCUT2D eigenvalue weighted by molar-refractivity contribution is 0.204.